The molecule has 1 amide bonds. The molecule has 0 aliphatic carbocycles. The number of nitrogens with zero attached hydrogens (tertiary/aromatic N) is 4. The number of carbonyl (C=O) groups excluding carboxylic acids is 1. The number of hydrogen-bond donors (Lipinski definition) is 0. The first-order chi connectivity index (χ1) is 16.1. The third-order valence-electron chi connectivity index (χ3n) is 5.62. The van der Waals surface area contributed by atoms with Crippen LogP contribution in [0.25, 0.3) is 5.69 Å². The molecule has 1 heterocycles. The number of aryl methyl sites for hydroxylation is 1. The number of carbonyl (C=O) groups is 1. The lowest BCUT2D eigenvalue weighted by Crippen LogP contribution is -2.32. The fourth-order valence-corrected chi connectivity index (χ4v) is 4.91. The molecule has 33 heavy (non-hydrogen) atoms. The molecule has 0 bridgehead atoms. The van der Waals surface area contributed by atoms with Crippen LogP contribution in [0.5, 0.6) is 0 Å². The summed E-state index contributed by atoms with van der Waals surface area (Å²) in [6.07, 6.45) is 5.29. The van der Waals surface area contributed by atoms with E-state index in [1.807, 2.05) is 11.0 Å². The zero-order chi connectivity index (χ0) is 23.5. The fourth-order valence-electron chi connectivity index (χ4n) is 3.94. The van der Waals surface area contributed by atoms with Gasteiger partial charge in [0, 0.05) is 31.7 Å². The standard InChI is InChI=1S/C27H36N4OS/c1-4-18-30(19-5-2)26(32)17-11-12-20-33-27-29-28-25(21-23-14-7-6-8-15-23)31(27)24-16-10-9-13-22(24)3/h6-10,13-16H,4-5,11-12,17-21H2,1-3H3. The summed E-state index contributed by atoms with van der Waals surface area (Å²) in [7, 11) is 0. The van der Waals surface area contributed by atoms with Crippen LogP contribution in [-0.2, 0) is 11.2 Å². The van der Waals surface area contributed by atoms with Gasteiger partial charge < -0.3 is 4.90 Å². The van der Waals surface area contributed by atoms with Crippen LogP contribution < -0.4 is 0 Å². The molecule has 2 aromatic carbocycles. The van der Waals surface area contributed by atoms with Crippen LogP contribution in [0.1, 0.15) is 62.9 Å². The van der Waals surface area contributed by atoms with Gasteiger partial charge in [-0.05, 0) is 49.8 Å². The Morgan fingerprint density at radius 1 is 0.939 bits per heavy atom. The Labute approximate surface area is 202 Å². The van der Waals surface area contributed by atoms with Gasteiger partial charge in [0.25, 0.3) is 0 Å². The summed E-state index contributed by atoms with van der Waals surface area (Å²) in [5.41, 5.74) is 3.55. The minimum absolute atomic E-state index is 0.289. The summed E-state index contributed by atoms with van der Waals surface area (Å²) in [6, 6.07) is 18.8. The molecule has 0 fully saturated rings. The van der Waals surface area contributed by atoms with Crippen LogP contribution in [0.15, 0.2) is 59.8 Å². The number of thioether (sulfide) groups is 1. The Morgan fingerprint density at radius 3 is 2.33 bits per heavy atom. The number of aromatic nitrogens is 3. The molecule has 0 radical (unpaired) electrons. The van der Waals surface area contributed by atoms with E-state index in [9.17, 15) is 4.79 Å². The molecule has 176 valence electrons. The Hall–Kier alpha value is -2.60. The lowest BCUT2D eigenvalue weighted by Gasteiger charge is -2.21. The summed E-state index contributed by atoms with van der Waals surface area (Å²) in [4.78, 5) is 14.5. The number of hydrogen-bond acceptors (Lipinski definition) is 4. The minimum atomic E-state index is 0.289. The monoisotopic (exact) mass is 464 g/mol. The molecule has 0 N–H and O–H groups in total. The van der Waals surface area contributed by atoms with E-state index < -0.39 is 0 Å². The summed E-state index contributed by atoms with van der Waals surface area (Å²) in [5, 5.41) is 10.0. The molecule has 0 spiro atoms. The molecule has 0 saturated heterocycles. The van der Waals surface area contributed by atoms with Gasteiger partial charge in [0.15, 0.2) is 5.16 Å². The Kier molecular flexibility index (Phi) is 10.0. The predicted octanol–water partition coefficient (Wildman–Crippen LogP) is 6.08. The van der Waals surface area contributed by atoms with Crippen LogP contribution in [0.4, 0.5) is 0 Å². The predicted molar refractivity (Wildman–Crippen MR) is 137 cm³/mol. The third-order valence-corrected chi connectivity index (χ3v) is 6.63. The van der Waals surface area contributed by atoms with Gasteiger partial charge in [0.05, 0.1) is 5.69 Å². The van der Waals surface area contributed by atoms with E-state index in [2.05, 4.69) is 84.1 Å². The zero-order valence-corrected chi connectivity index (χ0v) is 21.0. The molecular formula is C27H36N4OS. The maximum absolute atomic E-state index is 12.5. The molecule has 5 nitrogen and oxygen atoms in total. The molecule has 6 heteroatoms. The SMILES string of the molecule is CCCN(CCC)C(=O)CCCCSc1nnc(Cc2ccccc2)n1-c1ccccc1C. The van der Waals surface area contributed by atoms with E-state index in [4.69, 9.17) is 0 Å². The second-order valence-electron chi connectivity index (χ2n) is 8.37. The second-order valence-corrected chi connectivity index (χ2v) is 9.43. The highest BCUT2D eigenvalue weighted by Gasteiger charge is 2.17. The summed E-state index contributed by atoms with van der Waals surface area (Å²) in [6.45, 7) is 8.11. The van der Waals surface area contributed by atoms with E-state index in [1.165, 1.54) is 11.1 Å². The van der Waals surface area contributed by atoms with Gasteiger partial charge in [-0.2, -0.15) is 0 Å². The van der Waals surface area contributed by atoms with Crippen molar-refractivity contribution in [2.75, 3.05) is 18.8 Å². The van der Waals surface area contributed by atoms with Gasteiger partial charge in [0.2, 0.25) is 5.91 Å². The molecule has 0 atom stereocenters. The number of rotatable bonds is 13. The van der Waals surface area contributed by atoms with Crippen LogP contribution in [0, 0.1) is 6.92 Å². The maximum Gasteiger partial charge on any atom is 0.222 e. The molecule has 0 aliphatic heterocycles. The third kappa shape index (κ3) is 7.19. The van der Waals surface area contributed by atoms with E-state index in [0.717, 1.165) is 67.6 Å². The van der Waals surface area contributed by atoms with Crippen LogP contribution in [0.2, 0.25) is 0 Å². The lowest BCUT2D eigenvalue weighted by molar-refractivity contribution is -0.131. The van der Waals surface area contributed by atoms with Crippen LogP contribution >= 0.6 is 11.8 Å². The first-order valence-electron chi connectivity index (χ1n) is 12.1. The fraction of sp³-hybridized carbons (Fsp3) is 0.444. The molecule has 0 saturated carbocycles. The highest BCUT2D eigenvalue weighted by atomic mass is 32.2. The van der Waals surface area contributed by atoms with Gasteiger partial charge in [-0.3, -0.25) is 9.36 Å². The molecular weight excluding hydrogens is 428 g/mol. The Bertz CT molecular complexity index is 996. The van der Waals surface area contributed by atoms with Gasteiger partial charge in [-0.25, -0.2) is 0 Å². The average molecular weight is 465 g/mol. The molecule has 0 unspecified atom stereocenters. The van der Waals surface area contributed by atoms with E-state index in [1.54, 1.807) is 11.8 Å². The van der Waals surface area contributed by atoms with Gasteiger partial charge in [0.1, 0.15) is 5.82 Å². The smallest absolute Gasteiger partial charge is 0.222 e. The maximum atomic E-state index is 12.5. The van der Waals surface area contributed by atoms with Crippen molar-refractivity contribution >= 4 is 17.7 Å². The first-order valence-corrected chi connectivity index (χ1v) is 13.1. The quantitative estimate of drug-likeness (QED) is 0.227. The number of unbranched alkanes of at least 4 members (excludes halogenated alkanes) is 1. The van der Waals surface area contributed by atoms with Gasteiger partial charge >= 0.3 is 0 Å². The average Bonchev–Trinajstić information content (AvgIpc) is 3.21. The number of amides is 1. The van der Waals surface area contributed by atoms with Gasteiger partial charge in [-0.1, -0.05) is 74.1 Å². The number of para-hydroxylation sites is 1. The summed E-state index contributed by atoms with van der Waals surface area (Å²) in [5.74, 6) is 2.16. The van der Waals surface area contributed by atoms with E-state index in [0.29, 0.717) is 6.42 Å². The molecule has 3 rings (SSSR count). The van der Waals surface area contributed by atoms with Crippen molar-refractivity contribution < 1.29 is 4.79 Å². The molecule has 3 aromatic rings. The Balaban J connectivity index is 1.64. The Morgan fingerprint density at radius 2 is 1.64 bits per heavy atom. The second kappa shape index (κ2) is 13.2. The number of benzene rings is 2. The van der Waals surface area contributed by atoms with Crippen molar-refractivity contribution in [2.24, 2.45) is 0 Å². The van der Waals surface area contributed by atoms with Gasteiger partial charge in [-0.15, -0.1) is 10.2 Å². The van der Waals surface area contributed by atoms with E-state index in [-0.39, 0.29) is 5.91 Å². The van der Waals surface area contributed by atoms with Crippen LogP contribution in [0.3, 0.4) is 0 Å². The zero-order valence-electron chi connectivity index (χ0n) is 20.2. The lowest BCUT2D eigenvalue weighted by atomic mass is 10.1. The minimum Gasteiger partial charge on any atom is -0.343 e. The highest BCUT2D eigenvalue weighted by molar-refractivity contribution is 7.99. The van der Waals surface area contributed by atoms with Crippen molar-refractivity contribution in [3.05, 3.63) is 71.5 Å². The van der Waals surface area contributed by atoms with E-state index >= 15 is 0 Å². The summed E-state index contributed by atoms with van der Waals surface area (Å²) < 4.78 is 2.20. The molecule has 0 aliphatic rings. The van der Waals surface area contributed by atoms with Crippen molar-refractivity contribution in [1.82, 2.24) is 19.7 Å². The normalized spacial score (nSPS) is 11.0. The topological polar surface area (TPSA) is 51.0 Å². The summed E-state index contributed by atoms with van der Waals surface area (Å²) >= 11 is 1.73. The van der Waals surface area contributed by atoms with Crippen molar-refractivity contribution in [1.29, 1.82) is 0 Å². The largest absolute Gasteiger partial charge is 0.343 e. The molecule has 1 aromatic heterocycles. The highest BCUT2D eigenvalue weighted by Crippen LogP contribution is 2.26. The van der Waals surface area contributed by atoms with Crippen molar-refractivity contribution in [3.8, 4) is 5.69 Å². The first kappa shape index (κ1) is 25.0. The van der Waals surface area contributed by atoms with Crippen LogP contribution in [-0.4, -0.2) is 44.4 Å². The van der Waals surface area contributed by atoms with Crippen molar-refractivity contribution in [3.63, 3.8) is 0 Å². The van der Waals surface area contributed by atoms with Crippen molar-refractivity contribution in [2.45, 2.75) is 64.5 Å².